The van der Waals surface area contributed by atoms with Crippen molar-refractivity contribution < 1.29 is 27.6 Å². The first-order valence-corrected chi connectivity index (χ1v) is 11.9. The Labute approximate surface area is 220 Å². The third kappa shape index (κ3) is 5.28. The number of thiophene rings is 1. The number of rotatable bonds is 6. The van der Waals surface area contributed by atoms with Crippen LogP contribution in [0.2, 0.25) is 5.02 Å². The summed E-state index contributed by atoms with van der Waals surface area (Å²) in [6, 6.07) is 15.1. The van der Waals surface area contributed by atoms with E-state index in [0.29, 0.717) is 20.2 Å². The van der Waals surface area contributed by atoms with E-state index in [9.17, 15) is 28.1 Å². The van der Waals surface area contributed by atoms with Crippen LogP contribution < -0.4 is 10.1 Å². The van der Waals surface area contributed by atoms with Crippen molar-refractivity contribution in [1.82, 2.24) is 14.6 Å². The maximum absolute atomic E-state index is 13.8. The quantitative estimate of drug-likeness (QED) is 0.176. The van der Waals surface area contributed by atoms with Gasteiger partial charge in [-0.1, -0.05) is 23.7 Å². The highest BCUT2D eigenvalue weighted by molar-refractivity contribution is 7.13. The average Bonchev–Trinajstić information content (AvgIpc) is 3.53. The number of hydrogen-bond donors (Lipinski definition) is 1. The number of aromatic nitrogens is 3. The number of anilines is 1. The van der Waals surface area contributed by atoms with Crippen molar-refractivity contribution in [2.75, 3.05) is 5.32 Å². The van der Waals surface area contributed by atoms with Crippen molar-refractivity contribution >= 4 is 45.9 Å². The number of nitrogens with one attached hydrogen (secondary N) is 1. The molecule has 5 aromatic rings. The summed E-state index contributed by atoms with van der Waals surface area (Å²) in [4.78, 5) is 28.4. The van der Waals surface area contributed by atoms with Gasteiger partial charge in [-0.15, -0.1) is 11.3 Å². The van der Waals surface area contributed by atoms with Crippen molar-refractivity contribution in [3.8, 4) is 22.1 Å². The number of fused-ring (bicyclic) bond motifs is 1. The summed E-state index contributed by atoms with van der Waals surface area (Å²) in [6.07, 6.45) is -4.78. The number of carbonyl (C=O) groups excluding carboxylic acids is 1. The second kappa shape index (κ2) is 9.76. The van der Waals surface area contributed by atoms with Crippen molar-refractivity contribution in [2.24, 2.45) is 0 Å². The monoisotopic (exact) mass is 559 g/mol. The van der Waals surface area contributed by atoms with E-state index in [4.69, 9.17) is 16.3 Å². The van der Waals surface area contributed by atoms with Crippen LogP contribution in [0.4, 0.5) is 24.5 Å². The Kier molecular flexibility index (Phi) is 6.46. The molecule has 0 saturated carbocycles. The minimum atomic E-state index is -4.78. The van der Waals surface area contributed by atoms with E-state index in [1.165, 1.54) is 23.5 Å². The number of ether oxygens (including phenoxy) is 1. The molecule has 1 N–H and O–H groups in total. The van der Waals surface area contributed by atoms with Crippen LogP contribution in [-0.4, -0.2) is 25.4 Å². The molecule has 0 aliphatic heterocycles. The maximum Gasteiger partial charge on any atom is 0.433 e. The van der Waals surface area contributed by atoms with Gasteiger partial charge in [0.05, 0.1) is 27.2 Å². The lowest BCUT2D eigenvalue weighted by atomic mass is 10.2. The normalized spacial score (nSPS) is 11.5. The minimum Gasteiger partial charge on any atom is -0.457 e. The molecule has 2 aromatic carbocycles. The van der Waals surface area contributed by atoms with Gasteiger partial charge in [-0.3, -0.25) is 14.9 Å². The predicted molar refractivity (Wildman–Crippen MR) is 134 cm³/mol. The molecule has 0 bridgehead atoms. The van der Waals surface area contributed by atoms with Crippen LogP contribution in [0, 0.1) is 10.1 Å². The van der Waals surface area contributed by atoms with E-state index in [1.807, 2.05) is 0 Å². The molecule has 3 heterocycles. The topological polar surface area (TPSA) is 112 Å². The Morgan fingerprint density at radius 1 is 1.08 bits per heavy atom. The van der Waals surface area contributed by atoms with Crippen LogP contribution in [0.5, 0.6) is 11.5 Å². The number of hydrogen-bond acceptors (Lipinski definition) is 7. The summed E-state index contributed by atoms with van der Waals surface area (Å²) in [5, 5.41) is 19.7. The Morgan fingerprint density at radius 3 is 2.58 bits per heavy atom. The molecule has 0 spiro atoms. The molecule has 0 radical (unpaired) electrons. The first-order chi connectivity index (χ1) is 18.1. The maximum atomic E-state index is 13.8. The average molecular weight is 560 g/mol. The van der Waals surface area contributed by atoms with Gasteiger partial charge >= 0.3 is 6.18 Å². The summed E-state index contributed by atoms with van der Waals surface area (Å²) < 4.78 is 47.5. The molecule has 0 aliphatic carbocycles. The molecule has 0 fully saturated rings. The number of non-ortho nitro benzene ring substituents is 1. The summed E-state index contributed by atoms with van der Waals surface area (Å²) in [6.45, 7) is 0. The Morgan fingerprint density at radius 2 is 1.89 bits per heavy atom. The first kappa shape index (κ1) is 25.2. The van der Waals surface area contributed by atoms with Gasteiger partial charge in [0.2, 0.25) is 0 Å². The van der Waals surface area contributed by atoms with Crippen LogP contribution in [0.25, 0.3) is 16.2 Å². The lowest BCUT2D eigenvalue weighted by Gasteiger charge is -2.10. The van der Waals surface area contributed by atoms with Gasteiger partial charge in [-0.25, -0.2) is 9.50 Å². The summed E-state index contributed by atoms with van der Waals surface area (Å²) in [5.41, 5.74) is -2.05. The number of alkyl halides is 3. The van der Waals surface area contributed by atoms with E-state index in [-0.39, 0.29) is 28.5 Å². The SMILES string of the molecule is O=C(Nc1cc(Oc2cccc(Cl)c2)cc([N+](=O)[O-])c1)c1cc2nc(-c3cccs3)cc(C(F)(F)F)n2n1. The van der Waals surface area contributed by atoms with E-state index >= 15 is 0 Å². The van der Waals surface area contributed by atoms with Crippen LogP contribution in [0.15, 0.2) is 72.1 Å². The molecule has 0 saturated heterocycles. The number of amides is 1. The predicted octanol–water partition coefficient (Wildman–Crippen LogP) is 7.08. The molecular formula is C24H13ClF3N5O4S. The van der Waals surface area contributed by atoms with E-state index in [0.717, 1.165) is 24.3 Å². The van der Waals surface area contributed by atoms with Crippen molar-refractivity contribution in [2.45, 2.75) is 6.18 Å². The van der Waals surface area contributed by atoms with Gasteiger partial charge in [0.15, 0.2) is 17.0 Å². The van der Waals surface area contributed by atoms with E-state index in [2.05, 4.69) is 15.4 Å². The van der Waals surface area contributed by atoms with Crippen molar-refractivity contribution in [3.05, 3.63) is 98.6 Å². The number of carbonyl (C=O) groups is 1. The smallest absolute Gasteiger partial charge is 0.433 e. The largest absolute Gasteiger partial charge is 0.457 e. The summed E-state index contributed by atoms with van der Waals surface area (Å²) in [5.74, 6) is -0.591. The van der Waals surface area contributed by atoms with Crippen LogP contribution in [0.3, 0.4) is 0 Å². The molecular weight excluding hydrogens is 547 g/mol. The number of nitro benzene ring substituents is 1. The van der Waals surface area contributed by atoms with Gasteiger partial charge in [-0.05, 0) is 35.7 Å². The molecule has 3 aromatic heterocycles. The molecule has 9 nitrogen and oxygen atoms in total. The summed E-state index contributed by atoms with van der Waals surface area (Å²) in [7, 11) is 0. The van der Waals surface area contributed by atoms with Crippen LogP contribution in [-0.2, 0) is 6.18 Å². The molecule has 0 aliphatic rings. The highest BCUT2D eigenvalue weighted by Crippen LogP contribution is 2.34. The second-order valence-electron chi connectivity index (χ2n) is 7.79. The Balaban J connectivity index is 1.49. The molecule has 192 valence electrons. The number of nitrogens with zero attached hydrogens (tertiary/aromatic N) is 4. The Bertz CT molecular complexity index is 1690. The molecule has 1 amide bonds. The molecule has 0 unspecified atom stereocenters. The summed E-state index contributed by atoms with van der Waals surface area (Å²) >= 11 is 7.16. The first-order valence-electron chi connectivity index (χ1n) is 10.6. The zero-order chi connectivity index (χ0) is 27.0. The van der Waals surface area contributed by atoms with Crippen molar-refractivity contribution in [1.29, 1.82) is 0 Å². The fourth-order valence-corrected chi connectivity index (χ4v) is 4.39. The lowest BCUT2D eigenvalue weighted by Crippen LogP contribution is -2.15. The molecule has 5 rings (SSSR count). The minimum absolute atomic E-state index is 0.0217. The third-order valence-corrected chi connectivity index (χ3v) is 6.24. The van der Waals surface area contributed by atoms with E-state index in [1.54, 1.807) is 35.7 Å². The number of halogens is 4. The highest BCUT2D eigenvalue weighted by atomic mass is 35.5. The standard InChI is InChI=1S/C24H13ClF3N5O4S/c25-13-3-1-4-16(7-13)37-17-9-14(8-15(10-17)33(35)36)29-23(34)19-12-22-30-18(20-5-2-6-38-20)11-21(24(26,27)28)32(22)31-19/h1-12H,(H,29,34). The Hall–Kier alpha value is -4.49. The highest BCUT2D eigenvalue weighted by Gasteiger charge is 2.35. The van der Waals surface area contributed by atoms with Gasteiger partial charge in [-0.2, -0.15) is 18.3 Å². The number of nitro groups is 1. The zero-order valence-corrected chi connectivity index (χ0v) is 20.3. The van der Waals surface area contributed by atoms with Crippen LogP contribution in [0.1, 0.15) is 16.2 Å². The molecule has 14 heteroatoms. The van der Waals surface area contributed by atoms with Crippen molar-refractivity contribution in [3.63, 3.8) is 0 Å². The second-order valence-corrected chi connectivity index (χ2v) is 9.17. The fraction of sp³-hybridized carbons (Fsp3) is 0.0417. The van der Waals surface area contributed by atoms with Gasteiger partial charge in [0.25, 0.3) is 11.6 Å². The molecule has 38 heavy (non-hydrogen) atoms. The fourth-order valence-electron chi connectivity index (χ4n) is 3.52. The van der Waals surface area contributed by atoms with Gasteiger partial charge < -0.3 is 10.1 Å². The zero-order valence-electron chi connectivity index (χ0n) is 18.8. The van der Waals surface area contributed by atoms with Crippen LogP contribution >= 0.6 is 22.9 Å². The van der Waals surface area contributed by atoms with Gasteiger partial charge in [0, 0.05) is 23.2 Å². The molecule has 0 atom stereocenters. The third-order valence-electron chi connectivity index (χ3n) is 5.12. The van der Waals surface area contributed by atoms with Gasteiger partial charge in [0.1, 0.15) is 11.5 Å². The van der Waals surface area contributed by atoms with E-state index < -0.39 is 28.4 Å². The lowest BCUT2D eigenvalue weighted by molar-refractivity contribution is -0.384. The number of benzene rings is 2.